The van der Waals surface area contributed by atoms with E-state index in [-0.39, 0.29) is 13.2 Å². The number of carboxylic acid groups (broad SMARTS) is 1. The molecule has 1 fully saturated rings. The second-order valence-corrected chi connectivity index (χ2v) is 4.19. The van der Waals surface area contributed by atoms with Crippen molar-refractivity contribution in [3.63, 3.8) is 0 Å². The normalized spacial score (nSPS) is 23.8. The summed E-state index contributed by atoms with van der Waals surface area (Å²) in [5.74, 6) is -5.16. The third-order valence-corrected chi connectivity index (χ3v) is 2.93. The number of piperidine rings is 1. The Bertz CT molecular complexity index is 369. The minimum atomic E-state index is -4.58. The lowest BCUT2D eigenvalue weighted by molar-refractivity contribution is -0.205. The fourth-order valence-corrected chi connectivity index (χ4v) is 1.98. The fourth-order valence-electron chi connectivity index (χ4n) is 1.98. The van der Waals surface area contributed by atoms with Crippen LogP contribution in [-0.2, 0) is 9.53 Å². The smallest absolute Gasteiger partial charge is 0.410 e. The van der Waals surface area contributed by atoms with Gasteiger partial charge >= 0.3 is 18.2 Å². The van der Waals surface area contributed by atoms with E-state index in [2.05, 4.69) is 11.3 Å². The molecule has 8 heteroatoms. The summed E-state index contributed by atoms with van der Waals surface area (Å²) in [6.45, 7) is 2.57. The van der Waals surface area contributed by atoms with Gasteiger partial charge < -0.3 is 14.7 Å². The zero-order valence-electron chi connectivity index (χ0n) is 10.0. The fraction of sp³-hybridized carbons (Fsp3) is 0.636. The van der Waals surface area contributed by atoms with E-state index in [1.165, 1.54) is 6.08 Å². The summed E-state index contributed by atoms with van der Waals surface area (Å²) in [5.41, 5.74) is 0. The number of amides is 1. The van der Waals surface area contributed by atoms with Crippen molar-refractivity contribution in [3.8, 4) is 0 Å². The molecule has 1 rings (SSSR count). The van der Waals surface area contributed by atoms with Gasteiger partial charge in [0.25, 0.3) is 0 Å². The first-order valence-corrected chi connectivity index (χ1v) is 5.59. The largest absolute Gasteiger partial charge is 0.481 e. The van der Waals surface area contributed by atoms with Gasteiger partial charge in [0, 0.05) is 13.1 Å². The number of carbonyl (C=O) groups excluding carboxylic acids is 1. The maximum atomic E-state index is 12.7. The van der Waals surface area contributed by atoms with Gasteiger partial charge in [0.1, 0.15) is 6.61 Å². The average molecular weight is 281 g/mol. The average Bonchev–Trinajstić information content (AvgIpc) is 2.34. The zero-order valence-corrected chi connectivity index (χ0v) is 10.0. The van der Waals surface area contributed by atoms with E-state index in [0.29, 0.717) is 0 Å². The number of ether oxygens (including phenoxy) is 1. The molecule has 0 aromatic carbocycles. The Balaban J connectivity index is 2.74. The minimum Gasteiger partial charge on any atom is -0.481 e. The van der Waals surface area contributed by atoms with E-state index in [9.17, 15) is 22.8 Å². The third-order valence-electron chi connectivity index (χ3n) is 2.93. The molecule has 0 bridgehead atoms. The van der Waals surface area contributed by atoms with Crippen LogP contribution in [0.4, 0.5) is 18.0 Å². The predicted octanol–water partition coefficient (Wildman–Crippen LogP) is 1.89. The van der Waals surface area contributed by atoms with Crippen molar-refractivity contribution in [1.29, 1.82) is 0 Å². The van der Waals surface area contributed by atoms with Crippen molar-refractivity contribution < 1.29 is 32.6 Å². The third kappa shape index (κ3) is 3.87. The Kier molecular flexibility index (Phi) is 4.79. The number of likely N-dealkylation sites (tertiary alicyclic amines) is 1. The summed E-state index contributed by atoms with van der Waals surface area (Å²) in [7, 11) is 0. The number of carboxylic acids is 1. The second kappa shape index (κ2) is 5.94. The number of rotatable bonds is 3. The summed E-state index contributed by atoms with van der Waals surface area (Å²) in [6, 6.07) is 0. The molecule has 1 aliphatic heterocycles. The van der Waals surface area contributed by atoms with Crippen LogP contribution < -0.4 is 0 Å². The number of halogens is 3. The first-order valence-electron chi connectivity index (χ1n) is 5.59. The lowest BCUT2D eigenvalue weighted by atomic mass is 9.85. The van der Waals surface area contributed by atoms with Gasteiger partial charge in [-0.05, 0) is 6.42 Å². The summed E-state index contributed by atoms with van der Waals surface area (Å²) in [4.78, 5) is 23.3. The van der Waals surface area contributed by atoms with E-state index in [1.807, 2.05) is 0 Å². The molecule has 1 aliphatic rings. The molecule has 0 aromatic heterocycles. The van der Waals surface area contributed by atoms with E-state index >= 15 is 0 Å². The highest BCUT2D eigenvalue weighted by molar-refractivity contribution is 5.73. The lowest BCUT2D eigenvalue weighted by Gasteiger charge is -2.36. The van der Waals surface area contributed by atoms with Crippen molar-refractivity contribution in [1.82, 2.24) is 4.90 Å². The Morgan fingerprint density at radius 2 is 2.11 bits per heavy atom. The van der Waals surface area contributed by atoms with E-state index in [1.54, 1.807) is 0 Å². The second-order valence-electron chi connectivity index (χ2n) is 4.19. The van der Waals surface area contributed by atoms with Gasteiger partial charge in [-0.15, -0.1) is 0 Å². The summed E-state index contributed by atoms with van der Waals surface area (Å²) < 4.78 is 42.7. The van der Waals surface area contributed by atoms with Crippen LogP contribution in [0.25, 0.3) is 0 Å². The molecule has 1 heterocycles. The van der Waals surface area contributed by atoms with Crippen molar-refractivity contribution >= 4 is 12.1 Å². The monoisotopic (exact) mass is 281 g/mol. The maximum Gasteiger partial charge on any atom is 0.410 e. The van der Waals surface area contributed by atoms with Crippen molar-refractivity contribution in [2.45, 2.75) is 12.6 Å². The molecule has 0 aliphatic carbocycles. The number of hydrogen-bond donors (Lipinski definition) is 1. The van der Waals surface area contributed by atoms with Crippen LogP contribution >= 0.6 is 0 Å². The molecule has 19 heavy (non-hydrogen) atoms. The Hall–Kier alpha value is -1.73. The summed E-state index contributed by atoms with van der Waals surface area (Å²) in [5, 5.41) is 8.85. The topological polar surface area (TPSA) is 66.8 Å². The molecule has 0 saturated carbocycles. The molecule has 0 radical (unpaired) electrons. The van der Waals surface area contributed by atoms with E-state index in [4.69, 9.17) is 5.11 Å². The van der Waals surface area contributed by atoms with Crippen LogP contribution in [0.2, 0.25) is 0 Å². The van der Waals surface area contributed by atoms with E-state index in [0.717, 1.165) is 4.90 Å². The molecule has 1 saturated heterocycles. The first-order chi connectivity index (χ1) is 8.77. The van der Waals surface area contributed by atoms with Gasteiger partial charge in [0.2, 0.25) is 0 Å². The van der Waals surface area contributed by atoms with Crippen molar-refractivity contribution in [2.24, 2.45) is 11.8 Å². The van der Waals surface area contributed by atoms with Gasteiger partial charge in [-0.2, -0.15) is 13.2 Å². The Morgan fingerprint density at radius 1 is 1.47 bits per heavy atom. The molecule has 0 unspecified atom stereocenters. The summed E-state index contributed by atoms with van der Waals surface area (Å²) in [6.07, 6.45) is -4.54. The predicted molar refractivity (Wildman–Crippen MR) is 58.4 cm³/mol. The van der Waals surface area contributed by atoms with Crippen molar-refractivity contribution in [2.75, 3.05) is 19.7 Å². The highest BCUT2D eigenvalue weighted by Crippen LogP contribution is 2.38. The number of aliphatic carboxylic acids is 1. The Morgan fingerprint density at radius 3 is 2.58 bits per heavy atom. The maximum absolute atomic E-state index is 12.7. The highest BCUT2D eigenvalue weighted by atomic mass is 19.4. The molecule has 0 spiro atoms. The SMILES string of the molecule is C=CCOC(=O)N1CC[C@@H](C(F)(F)F)[C@H](C(=O)O)C1. The number of hydrogen-bond acceptors (Lipinski definition) is 3. The molecule has 2 atom stereocenters. The van der Waals surface area contributed by atoms with Crippen LogP contribution in [0.1, 0.15) is 6.42 Å². The summed E-state index contributed by atoms with van der Waals surface area (Å²) >= 11 is 0. The minimum absolute atomic E-state index is 0.0736. The van der Waals surface area contributed by atoms with Crippen LogP contribution in [0.5, 0.6) is 0 Å². The highest BCUT2D eigenvalue weighted by Gasteiger charge is 2.50. The van der Waals surface area contributed by atoms with E-state index < -0.39 is 43.0 Å². The van der Waals surface area contributed by atoms with Gasteiger partial charge in [-0.25, -0.2) is 4.79 Å². The molecule has 1 N–H and O–H groups in total. The zero-order chi connectivity index (χ0) is 14.6. The lowest BCUT2D eigenvalue weighted by Crippen LogP contribution is -2.50. The van der Waals surface area contributed by atoms with Crippen LogP contribution in [0.3, 0.4) is 0 Å². The molecular weight excluding hydrogens is 267 g/mol. The Labute approximate surface area is 107 Å². The molecule has 108 valence electrons. The van der Waals surface area contributed by atoms with Gasteiger partial charge in [0.05, 0.1) is 11.8 Å². The van der Waals surface area contributed by atoms with Crippen LogP contribution in [0.15, 0.2) is 12.7 Å². The van der Waals surface area contributed by atoms with Gasteiger partial charge in [-0.3, -0.25) is 4.79 Å². The van der Waals surface area contributed by atoms with Crippen LogP contribution in [-0.4, -0.2) is 47.9 Å². The first kappa shape index (κ1) is 15.3. The molecule has 5 nitrogen and oxygen atoms in total. The standard InChI is InChI=1S/C11H14F3NO4/c1-2-5-19-10(18)15-4-3-8(11(12,13)14)7(6-15)9(16)17/h2,7-8H,1,3-6H2,(H,16,17)/t7-,8-/m1/s1. The molecule has 1 amide bonds. The number of carbonyl (C=O) groups is 2. The molecule has 0 aromatic rings. The number of nitrogens with zero attached hydrogens (tertiary/aromatic N) is 1. The van der Waals surface area contributed by atoms with Crippen molar-refractivity contribution in [3.05, 3.63) is 12.7 Å². The van der Waals surface area contributed by atoms with Gasteiger partial charge in [-0.1, -0.05) is 12.7 Å². The molecular formula is C11H14F3NO4. The van der Waals surface area contributed by atoms with Crippen LogP contribution in [0, 0.1) is 11.8 Å². The number of alkyl halides is 3. The van der Waals surface area contributed by atoms with Gasteiger partial charge in [0.15, 0.2) is 0 Å². The quantitative estimate of drug-likeness (QED) is 0.802.